The maximum Gasteiger partial charge on any atom is 0.343 e. The lowest BCUT2D eigenvalue weighted by Crippen LogP contribution is -2.27. The van der Waals surface area contributed by atoms with Crippen molar-refractivity contribution >= 4 is 30.3 Å². The van der Waals surface area contributed by atoms with Gasteiger partial charge in [-0.3, -0.25) is 14.4 Å². The monoisotopic (exact) mass is 634 g/mol. The van der Waals surface area contributed by atoms with Crippen molar-refractivity contribution in [2.75, 3.05) is 13.2 Å². The molecule has 0 saturated heterocycles. The molecule has 0 heterocycles. The van der Waals surface area contributed by atoms with E-state index in [0.29, 0.717) is 22.4 Å². The summed E-state index contributed by atoms with van der Waals surface area (Å²) in [7, 11) is 0. The summed E-state index contributed by atoms with van der Waals surface area (Å²) >= 11 is 0. The average molecular weight is 635 g/mol. The van der Waals surface area contributed by atoms with Gasteiger partial charge in [0.15, 0.2) is 5.92 Å². The highest BCUT2D eigenvalue weighted by molar-refractivity contribution is 5.98. The highest BCUT2D eigenvalue weighted by Crippen LogP contribution is 2.17. The predicted octanol–water partition coefficient (Wildman–Crippen LogP) is 9.72. The smallest absolute Gasteiger partial charge is 0.343 e. The largest absolute Gasteiger partial charge is 0.465 e. The number of unbranched alkanes of at least 4 members (excludes halogenated alkanes) is 14. The van der Waals surface area contributed by atoms with E-state index in [1.165, 1.54) is 70.3 Å². The van der Waals surface area contributed by atoms with Gasteiger partial charge >= 0.3 is 17.9 Å². The van der Waals surface area contributed by atoms with Gasteiger partial charge in [0.1, 0.15) is 12.0 Å². The molecule has 252 valence electrons. The van der Waals surface area contributed by atoms with Crippen LogP contribution in [0.4, 0.5) is 0 Å². The molecule has 0 aromatic heterocycles. The van der Waals surface area contributed by atoms with Gasteiger partial charge in [-0.1, -0.05) is 128 Å². The Hall–Kier alpha value is -3.74. The summed E-state index contributed by atoms with van der Waals surface area (Å²) in [5.74, 6) is -2.59. The van der Waals surface area contributed by atoms with Crippen molar-refractivity contribution in [1.82, 2.24) is 0 Å². The summed E-state index contributed by atoms with van der Waals surface area (Å²) in [6.07, 6.45) is 22.0. The van der Waals surface area contributed by atoms with Crippen molar-refractivity contribution in [3.63, 3.8) is 0 Å². The fourth-order valence-electron chi connectivity index (χ4n) is 4.97. The summed E-state index contributed by atoms with van der Waals surface area (Å²) in [6, 6.07) is 12.9. The van der Waals surface area contributed by atoms with E-state index in [1.807, 2.05) is 0 Å². The Morgan fingerprint density at radius 1 is 0.587 bits per heavy atom. The summed E-state index contributed by atoms with van der Waals surface area (Å²) in [6.45, 7) is 4.96. The van der Waals surface area contributed by atoms with Crippen LogP contribution in [0.1, 0.15) is 143 Å². The Balaban J connectivity index is 1.91. The molecule has 0 unspecified atom stereocenters. The molecule has 7 heteroatoms. The Labute approximate surface area is 276 Å². The summed E-state index contributed by atoms with van der Waals surface area (Å²) in [4.78, 5) is 49.3. The topological polar surface area (TPSA) is 96.0 Å². The van der Waals surface area contributed by atoms with Crippen molar-refractivity contribution in [3.8, 4) is 5.75 Å². The Morgan fingerprint density at radius 3 is 1.48 bits per heavy atom. The van der Waals surface area contributed by atoms with Gasteiger partial charge in [-0.15, -0.1) is 0 Å². The van der Waals surface area contributed by atoms with Crippen molar-refractivity contribution in [2.24, 2.45) is 5.92 Å². The minimum atomic E-state index is -1.16. The van der Waals surface area contributed by atoms with Gasteiger partial charge in [0.2, 0.25) is 0 Å². The van der Waals surface area contributed by atoms with Gasteiger partial charge in [-0.05, 0) is 54.8 Å². The van der Waals surface area contributed by atoms with Crippen LogP contribution >= 0.6 is 0 Å². The average Bonchev–Trinajstić information content (AvgIpc) is 3.07. The molecular formula is C39H54O7. The first-order valence-electron chi connectivity index (χ1n) is 17.4. The Morgan fingerprint density at radius 2 is 1.02 bits per heavy atom. The van der Waals surface area contributed by atoms with E-state index in [0.717, 1.165) is 44.8 Å². The number of hydrogen-bond acceptors (Lipinski definition) is 7. The molecule has 0 amide bonds. The molecule has 0 atom stereocenters. The second kappa shape index (κ2) is 24.5. The fraction of sp³-hybridized carbons (Fsp3) is 0.538. The third-order valence-corrected chi connectivity index (χ3v) is 7.85. The molecule has 2 aromatic rings. The molecule has 0 spiro atoms. The number of rotatable bonds is 25. The predicted molar refractivity (Wildman–Crippen MR) is 183 cm³/mol. The lowest BCUT2D eigenvalue weighted by atomic mass is 10.1. The van der Waals surface area contributed by atoms with Crippen LogP contribution in [0.15, 0.2) is 54.6 Å². The minimum absolute atomic E-state index is 0.276. The molecule has 46 heavy (non-hydrogen) atoms. The van der Waals surface area contributed by atoms with Gasteiger partial charge in [-0.25, -0.2) is 4.79 Å². The number of benzene rings is 2. The van der Waals surface area contributed by atoms with Gasteiger partial charge in [0.05, 0.1) is 18.8 Å². The van der Waals surface area contributed by atoms with Crippen LogP contribution in [-0.2, 0) is 19.1 Å². The molecule has 0 aliphatic carbocycles. The van der Waals surface area contributed by atoms with Crippen LogP contribution in [-0.4, -0.2) is 37.4 Å². The quantitative estimate of drug-likeness (QED) is 0.0353. The van der Waals surface area contributed by atoms with Gasteiger partial charge in [0.25, 0.3) is 0 Å². The fourth-order valence-corrected chi connectivity index (χ4v) is 4.97. The summed E-state index contributed by atoms with van der Waals surface area (Å²) in [5, 5.41) is 0. The molecule has 0 aliphatic heterocycles. The maximum atomic E-state index is 13.0. The molecule has 0 N–H and O–H groups in total. The molecule has 0 saturated carbocycles. The van der Waals surface area contributed by atoms with Gasteiger partial charge in [0, 0.05) is 5.56 Å². The van der Waals surface area contributed by atoms with Gasteiger partial charge in [-0.2, -0.15) is 0 Å². The first-order valence-corrected chi connectivity index (χ1v) is 17.4. The molecule has 2 aromatic carbocycles. The molecule has 0 aliphatic rings. The number of carbonyl (C=O) groups is 4. The zero-order chi connectivity index (χ0) is 33.2. The van der Waals surface area contributed by atoms with Crippen LogP contribution in [0.2, 0.25) is 0 Å². The third-order valence-electron chi connectivity index (χ3n) is 7.85. The lowest BCUT2D eigenvalue weighted by Gasteiger charge is -2.13. The van der Waals surface area contributed by atoms with Gasteiger partial charge < -0.3 is 14.2 Å². The van der Waals surface area contributed by atoms with E-state index in [9.17, 15) is 19.2 Å². The normalized spacial score (nSPS) is 11.1. The highest BCUT2D eigenvalue weighted by atomic mass is 16.6. The summed E-state index contributed by atoms with van der Waals surface area (Å²) in [5.41, 5.74) is 1.52. The molecular weight excluding hydrogens is 580 g/mol. The second-order valence-corrected chi connectivity index (χ2v) is 11.8. The first-order chi connectivity index (χ1) is 22.5. The number of carbonyl (C=O) groups excluding carboxylic acids is 4. The number of aldehydes is 1. The number of esters is 3. The van der Waals surface area contributed by atoms with Crippen LogP contribution in [0.25, 0.3) is 6.08 Å². The third kappa shape index (κ3) is 16.5. The van der Waals surface area contributed by atoms with E-state index < -0.39 is 23.8 Å². The second-order valence-electron chi connectivity index (χ2n) is 11.8. The van der Waals surface area contributed by atoms with Crippen LogP contribution in [0.3, 0.4) is 0 Å². The van der Waals surface area contributed by atoms with Crippen molar-refractivity contribution in [3.05, 3.63) is 71.3 Å². The standard InChI is InChI=1S/C39H54O7/c1-3-5-7-9-11-13-15-17-29-44-38(42)36(39(43)45-30-18-16-14-12-10-8-6-4-2)28-23-32-19-24-34(25-20-32)37(41)46-35-26-21-33(31-40)22-27-35/h19-28,31,36H,3-18,29-30H2,1-2H3/b28-23+. The molecule has 2 rings (SSSR count). The van der Waals surface area contributed by atoms with E-state index in [2.05, 4.69) is 13.8 Å². The zero-order valence-electron chi connectivity index (χ0n) is 28.0. The van der Waals surface area contributed by atoms with E-state index >= 15 is 0 Å². The van der Waals surface area contributed by atoms with Crippen LogP contribution in [0.5, 0.6) is 5.75 Å². The summed E-state index contributed by atoms with van der Waals surface area (Å²) < 4.78 is 16.4. The van der Waals surface area contributed by atoms with Crippen molar-refractivity contribution in [1.29, 1.82) is 0 Å². The van der Waals surface area contributed by atoms with E-state index in [-0.39, 0.29) is 13.2 Å². The lowest BCUT2D eigenvalue weighted by molar-refractivity contribution is -0.159. The minimum Gasteiger partial charge on any atom is -0.465 e. The van der Waals surface area contributed by atoms with Crippen molar-refractivity contribution < 1.29 is 33.4 Å². The zero-order valence-corrected chi connectivity index (χ0v) is 28.0. The van der Waals surface area contributed by atoms with Crippen LogP contribution in [0, 0.1) is 5.92 Å². The molecule has 0 fully saturated rings. The Kier molecular flexibility index (Phi) is 20.5. The molecule has 7 nitrogen and oxygen atoms in total. The first kappa shape index (κ1) is 38.4. The molecule has 0 bridgehead atoms. The SMILES string of the molecule is CCCCCCCCCCOC(=O)C(/C=C/c1ccc(C(=O)Oc2ccc(C=O)cc2)cc1)C(=O)OCCCCCCCCCC. The molecule has 0 radical (unpaired) electrons. The van der Waals surface area contributed by atoms with Crippen LogP contribution < -0.4 is 4.74 Å². The van der Waals surface area contributed by atoms with E-state index in [1.54, 1.807) is 54.6 Å². The maximum absolute atomic E-state index is 13.0. The number of ether oxygens (including phenoxy) is 3. The Bertz CT molecular complexity index is 1130. The van der Waals surface area contributed by atoms with E-state index in [4.69, 9.17) is 14.2 Å². The van der Waals surface area contributed by atoms with Crippen molar-refractivity contribution in [2.45, 2.75) is 117 Å². The highest BCUT2D eigenvalue weighted by Gasteiger charge is 2.27. The number of hydrogen-bond donors (Lipinski definition) is 0.